The number of rotatable bonds is 6. The first-order valence-electron chi connectivity index (χ1n) is 7.84. The van der Waals surface area contributed by atoms with E-state index in [2.05, 4.69) is 10.3 Å². The van der Waals surface area contributed by atoms with Crippen LogP contribution >= 0.6 is 0 Å². The normalized spacial score (nSPS) is 10.5. The van der Waals surface area contributed by atoms with E-state index in [0.717, 1.165) is 11.4 Å². The molecule has 0 aliphatic carbocycles. The zero-order valence-corrected chi connectivity index (χ0v) is 14.1. The maximum absolute atomic E-state index is 13.2. The average molecular weight is 331 g/mol. The quantitative estimate of drug-likeness (QED) is 0.799. The third-order valence-electron chi connectivity index (χ3n) is 3.80. The number of pyridine rings is 1. The van der Waals surface area contributed by atoms with E-state index in [-0.39, 0.29) is 22.8 Å². The Balaban J connectivity index is 1.86. The maximum Gasteiger partial charge on any atom is 0.261 e. The van der Waals surface area contributed by atoms with Gasteiger partial charge in [-0.3, -0.25) is 9.59 Å². The Hall–Kier alpha value is -2.63. The third-order valence-corrected chi connectivity index (χ3v) is 3.80. The number of nitrogens with one attached hydrogen (secondary N) is 2. The molecule has 2 aromatic rings. The number of hydrogen-bond acceptors (Lipinski definition) is 3. The lowest BCUT2D eigenvalue weighted by Gasteiger charge is -2.19. The molecule has 2 N–H and O–H groups in total. The number of carbonyl (C=O) groups excluding carboxylic acids is 1. The molecular formula is C18H22FN3O2. The first-order chi connectivity index (χ1) is 11.4. The summed E-state index contributed by atoms with van der Waals surface area (Å²) in [6, 6.07) is 8.13. The molecule has 1 amide bonds. The second kappa shape index (κ2) is 7.77. The highest BCUT2D eigenvalue weighted by Gasteiger charge is 2.13. The van der Waals surface area contributed by atoms with E-state index in [4.69, 9.17) is 0 Å². The summed E-state index contributed by atoms with van der Waals surface area (Å²) in [6.45, 7) is 4.62. The fraction of sp³-hybridized carbons (Fsp3) is 0.333. The molecule has 0 radical (unpaired) electrons. The van der Waals surface area contributed by atoms with Gasteiger partial charge in [-0.2, -0.15) is 0 Å². The number of halogens is 1. The molecule has 2 rings (SSSR count). The van der Waals surface area contributed by atoms with Gasteiger partial charge >= 0.3 is 0 Å². The molecule has 0 spiro atoms. The van der Waals surface area contributed by atoms with Crippen LogP contribution in [0.25, 0.3) is 0 Å². The topological polar surface area (TPSA) is 65.2 Å². The molecule has 0 saturated heterocycles. The van der Waals surface area contributed by atoms with Crippen LogP contribution in [0.2, 0.25) is 0 Å². The van der Waals surface area contributed by atoms with Gasteiger partial charge in [0.2, 0.25) is 0 Å². The number of nitrogens with zero attached hydrogens (tertiary/aromatic N) is 1. The van der Waals surface area contributed by atoms with Crippen LogP contribution in [-0.4, -0.2) is 31.0 Å². The van der Waals surface area contributed by atoms with Crippen molar-refractivity contribution in [3.63, 3.8) is 0 Å². The van der Waals surface area contributed by atoms with Crippen LogP contribution in [0.4, 0.5) is 10.1 Å². The highest BCUT2D eigenvalue weighted by molar-refractivity contribution is 5.95. The molecule has 24 heavy (non-hydrogen) atoms. The molecule has 0 atom stereocenters. The first-order valence-corrected chi connectivity index (χ1v) is 7.84. The van der Waals surface area contributed by atoms with Crippen LogP contribution in [-0.2, 0) is 0 Å². The van der Waals surface area contributed by atoms with Crippen molar-refractivity contribution in [2.45, 2.75) is 20.3 Å². The fourth-order valence-corrected chi connectivity index (χ4v) is 2.59. The smallest absolute Gasteiger partial charge is 0.261 e. The van der Waals surface area contributed by atoms with Gasteiger partial charge in [-0.15, -0.1) is 0 Å². The number of aromatic nitrogens is 1. The SMILES string of the molecule is Cc1cc(C)c(C(=O)NCCCN(C)c2cccc(F)c2)c(=O)[nH]1. The van der Waals surface area contributed by atoms with Gasteiger partial charge in [0.15, 0.2) is 0 Å². The van der Waals surface area contributed by atoms with Crippen LogP contribution in [0, 0.1) is 19.7 Å². The number of hydrogen-bond donors (Lipinski definition) is 2. The Morgan fingerprint density at radius 2 is 2.04 bits per heavy atom. The van der Waals surface area contributed by atoms with Gasteiger partial charge in [-0.1, -0.05) is 6.07 Å². The van der Waals surface area contributed by atoms with Crippen molar-refractivity contribution in [2.75, 3.05) is 25.0 Å². The van der Waals surface area contributed by atoms with Crippen molar-refractivity contribution in [1.29, 1.82) is 0 Å². The summed E-state index contributed by atoms with van der Waals surface area (Å²) in [5.74, 6) is -0.649. The average Bonchev–Trinajstić information content (AvgIpc) is 2.50. The minimum Gasteiger partial charge on any atom is -0.374 e. The second-order valence-corrected chi connectivity index (χ2v) is 5.85. The van der Waals surface area contributed by atoms with E-state index < -0.39 is 0 Å². The molecule has 0 unspecified atom stereocenters. The van der Waals surface area contributed by atoms with Gasteiger partial charge in [0.1, 0.15) is 11.4 Å². The summed E-state index contributed by atoms with van der Waals surface area (Å²) in [5, 5.41) is 2.76. The highest BCUT2D eigenvalue weighted by atomic mass is 19.1. The molecule has 6 heteroatoms. The number of aryl methyl sites for hydroxylation is 2. The van der Waals surface area contributed by atoms with Crippen LogP contribution in [0.3, 0.4) is 0 Å². The molecule has 1 heterocycles. The number of benzene rings is 1. The van der Waals surface area contributed by atoms with Crippen LogP contribution < -0.4 is 15.8 Å². The number of H-pyrrole nitrogens is 1. The summed E-state index contributed by atoms with van der Waals surface area (Å²) in [5.41, 5.74) is 1.95. The van der Waals surface area contributed by atoms with Gasteiger partial charge in [0.25, 0.3) is 11.5 Å². The molecule has 128 valence electrons. The van der Waals surface area contributed by atoms with Crippen LogP contribution in [0.1, 0.15) is 28.0 Å². The predicted octanol–water partition coefficient (Wildman–Crippen LogP) is 2.39. The molecule has 0 aliphatic rings. The zero-order valence-electron chi connectivity index (χ0n) is 14.1. The van der Waals surface area contributed by atoms with Crippen molar-refractivity contribution >= 4 is 11.6 Å². The Morgan fingerprint density at radius 1 is 1.29 bits per heavy atom. The summed E-state index contributed by atoms with van der Waals surface area (Å²) < 4.78 is 13.2. The van der Waals surface area contributed by atoms with E-state index in [0.29, 0.717) is 25.1 Å². The van der Waals surface area contributed by atoms with E-state index in [1.54, 1.807) is 26.0 Å². The molecule has 0 fully saturated rings. The molecule has 0 aliphatic heterocycles. The lowest BCUT2D eigenvalue weighted by Crippen LogP contribution is -2.33. The molecule has 0 saturated carbocycles. The summed E-state index contributed by atoms with van der Waals surface area (Å²) >= 11 is 0. The molecule has 1 aromatic heterocycles. The van der Waals surface area contributed by atoms with Crippen molar-refractivity contribution in [3.05, 3.63) is 63.3 Å². The van der Waals surface area contributed by atoms with E-state index in [1.807, 2.05) is 18.0 Å². The lowest BCUT2D eigenvalue weighted by atomic mass is 10.1. The van der Waals surface area contributed by atoms with Gasteiger partial charge < -0.3 is 15.2 Å². The van der Waals surface area contributed by atoms with Crippen molar-refractivity contribution < 1.29 is 9.18 Å². The summed E-state index contributed by atoms with van der Waals surface area (Å²) in [4.78, 5) is 28.6. The van der Waals surface area contributed by atoms with Crippen molar-refractivity contribution in [3.8, 4) is 0 Å². The Bertz CT molecular complexity index is 786. The monoisotopic (exact) mass is 331 g/mol. The van der Waals surface area contributed by atoms with E-state index >= 15 is 0 Å². The number of carbonyl (C=O) groups is 1. The van der Waals surface area contributed by atoms with Crippen molar-refractivity contribution in [1.82, 2.24) is 10.3 Å². The van der Waals surface area contributed by atoms with Gasteiger partial charge in [-0.05, 0) is 50.1 Å². The Labute approximate surface area is 140 Å². The highest BCUT2D eigenvalue weighted by Crippen LogP contribution is 2.13. The minimum atomic E-state index is -0.373. The third kappa shape index (κ3) is 4.44. The predicted molar refractivity (Wildman–Crippen MR) is 93.2 cm³/mol. The number of aromatic amines is 1. The zero-order chi connectivity index (χ0) is 17.7. The largest absolute Gasteiger partial charge is 0.374 e. The second-order valence-electron chi connectivity index (χ2n) is 5.85. The van der Waals surface area contributed by atoms with Crippen LogP contribution in [0.5, 0.6) is 0 Å². The Kier molecular flexibility index (Phi) is 5.73. The van der Waals surface area contributed by atoms with Gasteiger partial charge in [0.05, 0.1) is 0 Å². The van der Waals surface area contributed by atoms with Gasteiger partial charge in [-0.25, -0.2) is 4.39 Å². The number of amides is 1. The standard InChI is InChI=1S/C18H22FN3O2/c1-12-10-13(2)21-18(24)16(12)17(23)20-8-5-9-22(3)15-7-4-6-14(19)11-15/h4,6-7,10-11H,5,8-9H2,1-3H3,(H,20,23)(H,21,24). The van der Waals surface area contributed by atoms with Gasteiger partial charge in [0, 0.05) is 31.5 Å². The number of anilines is 1. The van der Waals surface area contributed by atoms with E-state index in [1.165, 1.54) is 12.1 Å². The van der Waals surface area contributed by atoms with Crippen molar-refractivity contribution in [2.24, 2.45) is 0 Å². The van der Waals surface area contributed by atoms with E-state index in [9.17, 15) is 14.0 Å². The summed E-state index contributed by atoms with van der Waals surface area (Å²) in [6.07, 6.45) is 0.682. The molecule has 0 bridgehead atoms. The Morgan fingerprint density at radius 3 is 2.71 bits per heavy atom. The fourth-order valence-electron chi connectivity index (χ4n) is 2.59. The first kappa shape index (κ1) is 17.7. The molecular weight excluding hydrogens is 309 g/mol. The maximum atomic E-state index is 13.2. The lowest BCUT2D eigenvalue weighted by molar-refractivity contribution is 0.0951. The minimum absolute atomic E-state index is 0.152. The molecule has 5 nitrogen and oxygen atoms in total. The summed E-state index contributed by atoms with van der Waals surface area (Å²) in [7, 11) is 1.87. The molecule has 1 aromatic carbocycles. The van der Waals surface area contributed by atoms with Crippen LogP contribution in [0.15, 0.2) is 35.1 Å².